The van der Waals surface area contributed by atoms with Crippen molar-refractivity contribution in [3.63, 3.8) is 0 Å². The molecule has 0 fully saturated rings. The van der Waals surface area contributed by atoms with E-state index in [2.05, 4.69) is 15.8 Å². The maximum atomic E-state index is 11.5. The first-order valence-corrected chi connectivity index (χ1v) is 6.00. The molecule has 1 aromatic rings. The van der Waals surface area contributed by atoms with E-state index in [0.29, 0.717) is 0 Å². The number of nitrogens with zero attached hydrogens (tertiary/aromatic N) is 1. The van der Waals surface area contributed by atoms with Gasteiger partial charge in [-0.1, -0.05) is 29.8 Å². The van der Waals surface area contributed by atoms with E-state index in [1.54, 1.807) is 20.8 Å². The van der Waals surface area contributed by atoms with Gasteiger partial charge in [0.1, 0.15) is 0 Å². The molecule has 2 amide bonds. The second kappa shape index (κ2) is 6.13. The van der Waals surface area contributed by atoms with Gasteiger partial charge in [-0.05, 0) is 33.3 Å². The zero-order valence-corrected chi connectivity index (χ0v) is 11.7. The molecular formula is C14H19N3O2. The van der Waals surface area contributed by atoms with Crippen LogP contribution in [0.4, 0.5) is 0 Å². The third kappa shape index (κ3) is 5.81. The number of nitrogens with one attached hydrogen (secondary N) is 2. The van der Waals surface area contributed by atoms with E-state index in [9.17, 15) is 9.59 Å². The fourth-order valence-electron chi connectivity index (χ4n) is 1.36. The Morgan fingerprint density at radius 3 is 2.47 bits per heavy atom. The number of benzene rings is 1. The summed E-state index contributed by atoms with van der Waals surface area (Å²) in [7, 11) is 0. The lowest BCUT2D eigenvalue weighted by Gasteiger charge is -2.19. The molecule has 0 spiro atoms. The minimum Gasteiger partial charge on any atom is -0.343 e. The van der Waals surface area contributed by atoms with Crippen LogP contribution in [0, 0.1) is 6.92 Å². The molecule has 0 heterocycles. The Labute approximate surface area is 113 Å². The van der Waals surface area contributed by atoms with Gasteiger partial charge in [0.25, 0.3) is 0 Å². The number of aryl methyl sites for hydroxylation is 1. The van der Waals surface area contributed by atoms with Crippen molar-refractivity contribution >= 4 is 18.0 Å². The SMILES string of the molecule is Cc1cccc(C=NNC(=O)C(=O)NC(C)(C)C)c1. The molecule has 0 aliphatic heterocycles. The lowest BCUT2D eigenvalue weighted by Crippen LogP contribution is -2.47. The van der Waals surface area contributed by atoms with Crippen LogP contribution < -0.4 is 10.7 Å². The molecule has 0 aliphatic carbocycles. The molecule has 1 aromatic carbocycles. The number of hydrogen-bond acceptors (Lipinski definition) is 3. The highest BCUT2D eigenvalue weighted by molar-refractivity contribution is 6.35. The first-order chi connectivity index (χ1) is 8.78. The van der Waals surface area contributed by atoms with Crippen molar-refractivity contribution in [2.24, 2.45) is 5.10 Å². The predicted octanol–water partition coefficient (Wildman–Crippen LogP) is 1.36. The normalized spacial score (nSPS) is 11.4. The van der Waals surface area contributed by atoms with Crippen molar-refractivity contribution in [1.82, 2.24) is 10.7 Å². The lowest BCUT2D eigenvalue weighted by molar-refractivity contribution is -0.140. The van der Waals surface area contributed by atoms with Crippen molar-refractivity contribution < 1.29 is 9.59 Å². The fourth-order valence-corrected chi connectivity index (χ4v) is 1.36. The zero-order valence-electron chi connectivity index (χ0n) is 11.7. The Kier molecular flexibility index (Phi) is 4.80. The quantitative estimate of drug-likeness (QED) is 0.479. The molecule has 5 heteroatoms. The molecule has 0 aromatic heterocycles. The van der Waals surface area contributed by atoms with Crippen LogP contribution in [0.1, 0.15) is 31.9 Å². The van der Waals surface area contributed by atoms with Gasteiger partial charge in [-0.2, -0.15) is 5.10 Å². The van der Waals surface area contributed by atoms with Gasteiger partial charge in [-0.15, -0.1) is 0 Å². The van der Waals surface area contributed by atoms with Gasteiger partial charge < -0.3 is 5.32 Å². The van der Waals surface area contributed by atoms with Gasteiger partial charge in [-0.25, -0.2) is 5.43 Å². The summed E-state index contributed by atoms with van der Waals surface area (Å²) in [6.07, 6.45) is 1.50. The summed E-state index contributed by atoms with van der Waals surface area (Å²) in [6.45, 7) is 7.36. The molecule has 0 radical (unpaired) electrons. The molecular weight excluding hydrogens is 242 g/mol. The van der Waals surface area contributed by atoms with Crippen LogP contribution in [-0.2, 0) is 9.59 Å². The Balaban J connectivity index is 2.53. The van der Waals surface area contributed by atoms with Gasteiger partial charge in [0, 0.05) is 5.54 Å². The van der Waals surface area contributed by atoms with Crippen molar-refractivity contribution in [1.29, 1.82) is 0 Å². The van der Waals surface area contributed by atoms with Crippen LogP contribution >= 0.6 is 0 Å². The number of amides is 2. The second-order valence-corrected chi connectivity index (χ2v) is 5.32. The predicted molar refractivity (Wildman–Crippen MR) is 74.8 cm³/mol. The highest BCUT2D eigenvalue weighted by atomic mass is 16.2. The molecule has 0 aliphatic rings. The van der Waals surface area contributed by atoms with Crippen molar-refractivity contribution in [3.8, 4) is 0 Å². The third-order valence-electron chi connectivity index (χ3n) is 2.12. The Morgan fingerprint density at radius 2 is 1.89 bits per heavy atom. The highest BCUT2D eigenvalue weighted by Gasteiger charge is 2.19. The van der Waals surface area contributed by atoms with E-state index in [0.717, 1.165) is 11.1 Å². The maximum Gasteiger partial charge on any atom is 0.329 e. The summed E-state index contributed by atoms with van der Waals surface area (Å²) in [5.74, 6) is -1.48. The molecule has 0 unspecified atom stereocenters. The van der Waals surface area contributed by atoms with Crippen LogP contribution in [-0.4, -0.2) is 23.6 Å². The standard InChI is InChI=1S/C14H19N3O2/c1-10-6-5-7-11(8-10)9-15-17-13(19)12(18)16-14(2,3)4/h5-9H,1-4H3,(H,16,18)(H,17,19). The van der Waals surface area contributed by atoms with E-state index < -0.39 is 17.4 Å². The average molecular weight is 261 g/mol. The van der Waals surface area contributed by atoms with E-state index in [-0.39, 0.29) is 0 Å². The van der Waals surface area contributed by atoms with E-state index in [4.69, 9.17) is 0 Å². The van der Waals surface area contributed by atoms with Crippen LogP contribution in [0.2, 0.25) is 0 Å². The Morgan fingerprint density at radius 1 is 1.21 bits per heavy atom. The van der Waals surface area contributed by atoms with Crippen LogP contribution in [0.3, 0.4) is 0 Å². The first-order valence-electron chi connectivity index (χ1n) is 6.00. The molecule has 5 nitrogen and oxygen atoms in total. The van der Waals surface area contributed by atoms with Gasteiger partial charge in [0.2, 0.25) is 0 Å². The smallest absolute Gasteiger partial charge is 0.329 e. The zero-order chi connectivity index (χ0) is 14.5. The van der Waals surface area contributed by atoms with Crippen molar-refractivity contribution in [2.75, 3.05) is 0 Å². The Hall–Kier alpha value is -2.17. The van der Waals surface area contributed by atoms with Gasteiger partial charge in [0.15, 0.2) is 0 Å². The molecule has 2 N–H and O–H groups in total. The van der Waals surface area contributed by atoms with Crippen molar-refractivity contribution in [3.05, 3.63) is 35.4 Å². The summed E-state index contributed by atoms with van der Waals surface area (Å²) in [5, 5.41) is 6.30. The third-order valence-corrected chi connectivity index (χ3v) is 2.12. The minimum absolute atomic E-state index is 0.450. The molecule has 0 atom stereocenters. The first kappa shape index (κ1) is 14.9. The van der Waals surface area contributed by atoms with Crippen LogP contribution in [0.5, 0.6) is 0 Å². The van der Waals surface area contributed by atoms with Gasteiger partial charge in [0.05, 0.1) is 6.21 Å². The van der Waals surface area contributed by atoms with Crippen LogP contribution in [0.15, 0.2) is 29.4 Å². The van der Waals surface area contributed by atoms with Crippen molar-refractivity contribution in [2.45, 2.75) is 33.2 Å². The number of rotatable bonds is 2. The molecule has 1 rings (SSSR count). The summed E-state index contributed by atoms with van der Waals surface area (Å²) in [6, 6.07) is 7.64. The van der Waals surface area contributed by atoms with E-state index in [1.807, 2.05) is 31.2 Å². The number of carbonyl (C=O) groups is 2. The number of carbonyl (C=O) groups excluding carboxylic acids is 2. The summed E-state index contributed by atoms with van der Waals surface area (Å²) >= 11 is 0. The number of hydrazone groups is 1. The molecule has 0 saturated heterocycles. The highest BCUT2D eigenvalue weighted by Crippen LogP contribution is 2.00. The summed E-state index contributed by atoms with van der Waals surface area (Å²) < 4.78 is 0. The molecule has 0 bridgehead atoms. The molecule has 0 saturated carbocycles. The van der Waals surface area contributed by atoms with Crippen LogP contribution in [0.25, 0.3) is 0 Å². The lowest BCUT2D eigenvalue weighted by atomic mass is 10.1. The molecule has 19 heavy (non-hydrogen) atoms. The van der Waals surface area contributed by atoms with Gasteiger partial charge >= 0.3 is 11.8 Å². The maximum absolute atomic E-state index is 11.5. The molecule has 102 valence electrons. The fraction of sp³-hybridized carbons (Fsp3) is 0.357. The van der Waals surface area contributed by atoms with E-state index in [1.165, 1.54) is 6.21 Å². The second-order valence-electron chi connectivity index (χ2n) is 5.32. The summed E-state index contributed by atoms with van der Waals surface area (Å²) in [5.41, 5.74) is 3.70. The monoisotopic (exact) mass is 261 g/mol. The Bertz CT molecular complexity index is 502. The largest absolute Gasteiger partial charge is 0.343 e. The summed E-state index contributed by atoms with van der Waals surface area (Å²) in [4.78, 5) is 22.9. The van der Waals surface area contributed by atoms with E-state index >= 15 is 0 Å². The minimum atomic E-state index is -0.779. The van der Waals surface area contributed by atoms with Gasteiger partial charge in [-0.3, -0.25) is 9.59 Å². The average Bonchev–Trinajstić information content (AvgIpc) is 2.26. The number of hydrogen-bond donors (Lipinski definition) is 2. The topological polar surface area (TPSA) is 70.6 Å².